The quantitative estimate of drug-likeness (QED) is 0.133. The van der Waals surface area contributed by atoms with Crippen molar-refractivity contribution in [2.24, 2.45) is 5.92 Å². The Kier molecular flexibility index (Phi) is 7.44. The van der Waals surface area contributed by atoms with E-state index >= 15 is 0 Å². The summed E-state index contributed by atoms with van der Waals surface area (Å²) in [6.45, 7) is 13.2. The standard InChI is InChI=1S/C52H50N2/c1-50(2)28-26-38-12-7-9-15-48(38)54(50)42-27-29-52(5)45-25-19-36(32-46(45)51(3,4)49(52)34-42)17-16-35-18-23-43-39(31-35)20-21-40-33-41(22-24-44(40)43)53-30-10-13-37-11-6-8-14-47(37)53/h6-9,11-12,14-25,27,29,31-34,49H,10,13,26,28,30H2,1-5H3. The van der Waals surface area contributed by atoms with Gasteiger partial charge in [-0.05, 0) is 136 Å². The zero-order chi connectivity index (χ0) is 36.8. The van der Waals surface area contributed by atoms with Crippen molar-refractivity contribution in [1.82, 2.24) is 0 Å². The van der Waals surface area contributed by atoms with Crippen molar-refractivity contribution in [1.29, 1.82) is 0 Å². The van der Waals surface area contributed by atoms with Gasteiger partial charge in [0.05, 0.1) is 0 Å². The number of hydrogen-bond acceptors (Lipinski definition) is 2. The maximum atomic E-state index is 2.62. The van der Waals surface area contributed by atoms with E-state index in [0.29, 0.717) is 5.92 Å². The third kappa shape index (κ3) is 5.13. The maximum absolute atomic E-state index is 2.62. The lowest BCUT2D eigenvalue weighted by Gasteiger charge is -2.48. The predicted molar refractivity (Wildman–Crippen MR) is 231 cm³/mol. The Morgan fingerprint density at radius 3 is 2.09 bits per heavy atom. The first-order chi connectivity index (χ1) is 26.1. The van der Waals surface area contributed by atoms with E-state index in [0.717, 1.165) is 25.8 Å². The largest absolute Gasteiger partial charge is 0.341 e. The molecule has 6 aromatic rings. The second-order valence-corrected chi connectivity index (χ2v) is 17.7. The molecule has 0 amide bonds. The van der Waals surface area contributed by atoms with Crippen molar-refractivity contribution in [3.05, 3.63) is 173 Å². The van der Waals surface area contributed by atoms with Gasteiger partial charge in [-0.15, -0.1) is 0 Å². The molecular formula is C52H50N2. The molecule has 0 aromatic heterocycles. The SMILES string of the molecule is CC1(C)c2cc(C=Cc3ccc4c(ccc5cc(N6CCCc7ccccc76)ccc54)c3)ccc2C2(C)C=CC(N3c4ccccc4CCC3(C)C)=CC12. The van der Waals surface area contributed by atoms with Gasteiger partial charge in [-0.1, -0.05) is 130 Å². The fourth-order valence-electron chi connectivity index (χ4n) is 10.6. The molecule has 2 unspecified atom stereocenters. The lowest BCUT2D eigenvalue weighted by molar-refractivity contribution is 0.319. The van der Waals surface area contributed by atoms with Crippen LogP contribution in [0.3, 0.4) is 0 Å². The van der Waals surface area contributed by atoms with Crippen LogP contribution in [0.2, 0.25) is 0 Å². The second kappa shape index (κ2) is 12.1. The van der Waals surface area contributed by atoms with Crippen LogP contribution in [-0.4, -0.2) is 12.1 Å². The minimum absolute atomic E-state index is 0.00928. The van der Waals surface area contributed by atoms with Crippen molar-refractivity contribution >= 4 is 50.8 Å². The first kappa shape index (κ1) is 33.2. The second-order valence-electron chi connectivity index (χ2n) is 17.7. The number of nitrogens with zero attached hydrogens (tertiary/aromatic N) is 2. The Labute approximate surface area is 321 Å². The van der Waals surface area contributed by atoms with E-state index in [9.17, 15) is 0 Å². The molecule has 2 atom stereocenters. The fourth-order valence-corrected chi connectivity index (χ4v) is 10.6. The third-order valence-electron chi connectivity index (χ3n) is 13.5. The van der Waals surface area contributed by atoms with E-state index in [1.165, 1.54) is 84.1 Å². The van der Waals surface area contributed by atoms with Crippen LogP contribution in [0.15, 0.2) is 139 Å². The number of para-hydroxylation sites is 2. The number of anilines is 3. The van der Waals surface area contributed by atoms with Crippen LogP contribution in [-0.2, 0) is 23.7 Å². The fraction of sp³-hybridized carbons (Fsp3) is 0.269. The summed E-state index contributed by atoms with van der Waals surface area (Å²) in [7, 11) is 0. The normalized spacial score (nSPS) is 22.2. The molecule has 2 heterocycles. The number of hydrogen-bond donors (Lipinski definition) is 0. The summed E-state index contributed by atoms with van der Waals surface area (Å²) < 4.78 is 0. The number of benzene rings is 6. The molecule has 2 aliphatic heterocycles. The topological polar surface area (TPSA) is 6.48 Å². The van der Waals surface area contributed by atoms with Gasteiger partial charge in [-0.25, -0.2) is 0 Å². The van der Waals surface area contributed by atoms with E-state index < -0.39 is 0 Å². The van der Waals surface area contributed by atoms with Crippen LogP contribution < -0.4 is 9.80 Å². The molecule has 6 aromatic carbocycles. The van der Waals surface area contributed by atoms with E-state index in [1.54, 1.807) is 0 Å². The van der Waals surface area contributed by atoms with Gasteiger partial charge >= 0.3 is 0 Å². The monoisotopic (exact) mass is 702 g/mol. The molecule has 10 rings (SSSR count). The van der Waals surface area contributed by atoms with E-state index in [2.05, 4.69) is 190 Å². The van der Waals surface area contributed by atoms with Crippen molar-refractivity contribution in [3.63, 3.8) is 0 Å². The number of fused-ring (bicyclic) bond motifs is 8. The van der Waals surface area contributed by atoms with Crippen LogP contribution in [0.5, 0.6) is 0 Å². The molecule has 2 nitrogen and oxygen atoms in total. The van der Waals surface area contributed by atoms with Gasteiger partial charge in [-0.2, -0.15) is 0 Å². The van der Waals surface area contributed by atoms with E-state index in [-0.39, 0.29) is 16.4 Å². The van der Waals surface area contributed by atoms with Crippen LogP contribution >= 0.6 is 0 Å². The Bertz CT molecular complexity index is 2580. The van der Waals surface area contributed by atoms with Gasteiger partial charge < -0.3 is 9.80 Å². The minimum Gasteiger partial charge on any atom is -0.341 e. The molecule has 2 aliphatic carbocycles. The lowest BCUT2D eigenvalue weighted by Crippen LogP contribution is -2.48. The van der Waals surface area contributed by atoms with Crippen molar-refractivity contribution in [2.45, 2.75) is 76.7 Å². The highest BCUT2D eigenvalue weighted by Gasteiger charge is 2.53. The molecule has 0 bridgehead atoms. The number of rotatable bonds is 4. The summed E-state index contributed by atoms with van der Waals surface area (Å²) in [5.41, 5.74) is 13.7. The Morgan fingerprint density at radius 2 is 1.30 bits per heavy atom. The molecule has 0 saturated heterocycles. The lowest BCUT2D eigenvalue weighted by atomic mass is 9.66. The van der Waals surface area contributed by atoms with Gasteiger partial charge in [0.25, 0.3) is 0 Å². The summed E-state index contributed by atoms with van der Waals surface area (Å²) in [6.07, 6.45) is 16.8. The molecule has 0 saturated carbocycles. The van der Waals surface area contributed by atoms with Crippen molar-refractivity contribution < 1.29 is 0 Å². The van der Waals surface area contributed by atoms with Gasteiger partial charge in [0.15, 0.2) is 0 Å². The van der Waals surface area contributed by atoms with Gasteiger partial charge in [0.1, 0.15) is 0 Å². The van der Waals surface area contributed by atoms with Gasteiger partial charge in [0.2, 0.25) is 0 Å². The summed E-state index contributed by atoms with van der Waals surface area (Å²) in [4.78, 5) is 5.11. The van der Waals surface area contributed by atoms with Crippen molar-refractivity contribution in [3.8, 4) is 0 Å². The Balaban J connectivity index is 0.930. The van der Waals surface area contributed by atoms with Gasteiger partial charge in [-0.3, -0.25) is 0 Å². The van der Waals surface area contributed by atoms with Gasteiger partial charge in [0, 0.05) is 46.2 Å². The summed E-state index contributed by atoms with van der Waals surface area (Å²) in [5, 5.41) is 5.19. The van der Waals surface area contributed by atoms with Crippen LogP contribution in [0, 0.1) is 5.92 Å². The molecule has 0 N–H and O–H groups in total. The first-order valence-corrected chi connectivity index (χ1v) is 20.0. The number of allylic oxidation sites excluding steroid dienone is 3. The average Bonchev–Trinajstić information content (AvgIpc) is 3.36. The summed E-state index contributed by atoms with van der Waals surface area (Å²) in [6, 6.07) is 43.6. The Morgan fingerprint density at radius 1 is 0.630 bits per heavy atom. The molecule has 268 valence electrons. The molecule has 0 radical (unpaired) electrons. The highest BCUT2D eigenvalue weighted by molar-refractivity contribution is 6.09. The third-order valence-corrected chi connectivity index (χ3v) is 13.5. The maximum Gasteiger partial charge on any atom is 0.0448 e. The van der Waals surface area contributed by atoms with Crippen LogP contribution in [0.25, 0.3) is 33.7 Å². The molecule has 2 heteroatoms. The zero-order valence-corrected chi connectivity index (χ0v) is 32.4. The van der Waals surface area contributed by atoms with E-state index in [1.807, 2.05) is 0 Å². The smallest absolute Gasteiger partial charge is 0.0448 e. The predicted octanol–water partition coefficient (Wildman–Crippen LogP) is 13.1. The molecule has 54 heavy (non-hydrogen) atoms. The zero-order valence-electron chi connectivity index (χ0n) is 32.4. The number of aryl methyl sites for hydroxylation is 2. The first-order valence-electron chi connectivity index (χ1n) is 20.0. The van der Waals surface area contributed by atoms with Crippen molar-refractivity contribution in [2.75, 3.05) is 16.3 Å². The highest BCUT2D eigenvalue weighted by atomic mass is 15.2. The Hall–Kier alpha value is -5.34. The highest BCUT2D eigenvalue weighted by Crippen LogP contribution is 2.58. The summed E-state index contributed by atoms with van der Waals surface area (Å²) >= 11 is 0. The molecule has 0 spiro atoms. The summed E-state index contributed by atoms with van der Waals surface area (Å²) in [5.74, 6) is 0.367. The molecular weight excluding hydrogens is 653 g/mol. The minimum atomic E-state index is -0.0375. The molecule has 0 fully saturated rings. The van der Waals surface area contributed by atoms with E-state index in [4.69, 9.17) is 0 Å². The average molecular weight is 703 g/mol. The van der Waals surface area contributed by atoms with Crippen LogP contribution in [0.1, 0.15) is 80.8 Å². The van der Waals surface area contributed by atoms with Crippen LogP contribution in [0.4, 0.5) is 17.1 Å². The molecule has 4 aliphatic rings.